The molecule has 26 heavy (non-hydrogen) atoms. The molecule has 3 rings (SSSR count). The molecule has 2 fully saturated rings. The molecule has 1 atom stereocenters. The topological polar surface area (TPSA) is 58.6 Å². The van der Waals surface area contributed by atoms with Gasteiger partial charge < -0.3 is 15.0 Å². The number of benzene rings is 1. The third-order valence-electron chi connectivity index (χ3n) is 5.36. The number of likely N-dealkylation sites (tertiary alicyclic amines) is 1. The van der Waals surface area contributed by atoms with E-state index in [-0.39, 0.29) is 17.7 Å². The molecule has 2 amide bonds. The normalized spacial score (nSPS) is 21.0. The second kappa shape index (κ2) is 9.38. The van der Waals surface area contributed by atoms with E-state index < -0.39 is 0 Å². The van der Waals surface area contributed by atoms with Crippen molar-refractivity contribution in [3.8, 4) is 0 Å². The molecule has 1 unspecified atom stereocenters. The van der Waals surface area contributed by atoms with Crippen molar-refractivity contribution in [3.63, 3.8) is 0 Å². The van der Waals surface area contributed by atoms with Crippen molar-refractivity contribution in [3.05, 3.63) is 34.9 Å². The van der Waals surface area contributed by atoms with Gasteiger partial charge in [0.1, 0.15) is 0 Å². The molecule has 2 heterocycles. The Labute approximate surface area is 160 Å². The minimum absolute atomic E-state index is 0.0591. The molecule has 1 aromatic rings. The zero-order valence-electron chi connectivity index (χ0n) is 15.1. The Hall–Kier alpha value is -1.59. The maximum absolute atomic E-state index is 12.4. The van der Waals surface area contributed by atoms with E-state index >= 15 is 0 Å². The van der Waals surface area contributed by atoms with Crippen molar-refractivity contribution in [2.45, 2.75) is 38.6 Å². The monoisotopic (exact) mass is 378 g/mol. The van der Waals surface area contributed by atoms with Gasteiger partial charge in [-0.25, -0.2) is 0 Å². The zero-order valence-corrected chi connectivity index (χ0v) is 15.8. The first kappa shape index (κ1) is 19.2. The Bertz CT molecular complexity index is 623. The second-order valence-electron chi connectivity index (χ2n) is 7.27. The molecule has 0 bridgehead atoms. The highest BCUT2D eigenvalue weighted by molar-refractivity contribution is 6.30. The van der Waals surface area contributed by atoms with E-state index in [1.807, 2.05) is 29.2 Å². The van der Waals surface area contributed by atoms with Crippen LogP contribution >= 0.6 is 11.6 Å². The molecule has 0 saturated carbocycles. The summed E-state index contributed by atoms with van der Waals surface area (Å²) in [5.74, 6) is 0.909. The van der Waals surface area contributed by atoms with Crippen LogP contribution < -0.4 is 5.32 Å². The number of carbonyl (C=O) groups excluding carboxylic acids is 2. The number of amides is 2. The maximum atomic E-state index is 12.4. The third-order valence-corrected chi connectivity index (χ3v) is 5.60. The Morgan fingerprint density at radius 2 is 2.04 bits per heavy atom. The first-order chi connectivity index (χ1) is 12.6. The summed E-state index contributed by atoms with van der Waals surface area (Å²) in [7, 11) is 0. The van der Waals surface area contributed by atoms with Crippen LogP contribution in [-0.2, 0) is 20.9 Å². The van der Waals surface area contributed by atoms with E-state index in [4.69, 9.17) is 16.3 Å². The van der Waals surface area contributed by atoms with Gasteiger partial charge in [0.05, 0.1) is 12.5 Å². The highest BCUT2D eigenvalue weighted by atomic mass is 35.5. The third kappa shape index (κ3) is 5.45. The molecule has 0 aliphatic carbocycles. The summed E-state index contributed by atoms with van der Waals surface area (Å²) in [6, 6.07) is 7.53. The van der Waals surface area contributed by atoms with Crippen LogP contribution in [0.5, 0.6) is 0 Å². The number of halogens is 1. The van der Waals surface area contributed by atoms with E-state index in [1.165, 1.54) is 0 Å². The quantitative estimate of drug-likeness (QED) is 0.827. The van der Waals surface area contributed by atoms with Gasteiger partial charge in [-0.3, -0.25) is 9.59 Å². The van der Waals surface area contributed by atoms with Crippen molar-refractivity contribution in [1.82, 2.24) is 10.2 Å². The van der Waals surface area contributed by atoms with Gasteiger partial charge in [0.2, 0.25) is 11.8 Å². The van der Waals surface area contributed by atoms with E-state index in [1.54, 1.807) is 0 Å². The fourth-order valence-electron chi connectivity index (χ4n) is 3.70. The van der Waals surface area contributed by atoms with E-state index in [2.05, 4.69) is 5.32 Å². The fraction of sp³-hybridized carbons (Fsp3) is 0.600. The number of carbonyl (C=O) groups is 2. The van der Waals surface area contributed by atoms with Crippen LogP contribution in [0.4, 0.5) is 0 Å². The minimum Gasteiger partial charge on any atom is -0.381 e. The van der Waals surface area contributed by atoms with E-state index in [9.17, 15) is 9.59 Å². The lowest BCUT2D eigenvalue weighted by Gasteiger charge is -2.33. The molecule has 2 aliphatic rings. The average Bonchev–Trinajstić information content (AvgIpc) is 3.19. The van der Waals surface area contributed by atoms with Gasteiger partial charge in [0, 0.05) is 37.7 Å². The summed E-state index contributed by atoms with van der Waals surface area (Å²) >= 11 is 5.95. The number of ether oxygens (including phenoxy) is 1. The standard InChI is InChI=1S/C20H27ClN2O3/c21-18-3-1-2-16(12-18)13-22-19(24)5-4-15-6-9-23(10-7-15)20(25)17-8-11-26-14-17/h1-3,12,15,17H,4-11,13-14H2,(H,22,24). The Balaban J connectivity index is 1.33. The summed E-state index contributed by atoms with van der Waals surface area (Å²) in [5.41, 5.74) is 1.01. The van der Waals surface area contributed by atoms with Gasteiger partial charge in [-0.2, -0.15) is 0 Å². The molecule has 1 N–H and O–H groups in total. The molecule has 0 spiro atoms. The molecule has 6 heteroatoms. The van der Waals surface area contributed by atoms with Crippen LogP contribution in [0.3, 0.4) is 0 Å². The lowest BCUT2D eigenvalue weighted by molar-refractivity contribution is -0.137. The number of nitrogens with one attached hydrogen (secondary N) is 1. The predicted octanol–water partition coefficient (Wildman–Crippen LogP) is 3.01. The van der Waals surface area contributed by atoms with Crippen LogP contribution in [0, 0.1) is 11.8 Å². The van der Waals surface area contributed by atoms with E-state index in [0.717, 1.165) is 44.3 Å². The summed E-state index contributed by atoms with van der Waals surface area (Å²) in [4.78, 5) is 26.4. The van der Waals surface area contributed by atoms with Crippen LogP contribution in [0.2, 0.25) is 5.02 Å². The smallest absolute Gasteiger partial charge is 0.228 e. The number of piperidine rings is 1. The highest BCUT2D eigenvalue weighted by Gasteiger charge is 2.30. The first-order valence-corrected chi connectivity index (χ1v) is 9.87. The molecule has 0 aromatic heterocycles. The Kier molecular flexibility index (Phi) is 6.92. The molecular weight excluding hydrogens is 352 g/mol. The summed E-state index contributed by atoms with van der Waals surface area (Å²) in [5, 5.41) is 3.64. The van der Waals surface area contributed by atoms with Crippen LogP contribution in [0.1, 0.15) is 37.7 Å². The molecule has 5 nitrogen and oxygen atoms in total. The van der Waals surface area contributed by atoms with Crippen molar-refractivity contribution in [1.29, 1.82) is 0 Å². The summed E-state index contributed by atoms with van der Waals surface area (Å²) < 4.78 is 5.32. The number of nitrogens with zero attached hydrogens (tertiary/aromatic N) is 1. The van der Waals surface area contributed by atoms with Crippen molar-refractivity contribution in [2.24, 2.45) is 11.8 Å². The maximum Gasteiger partial charge on any atom is 0.228 e. The van der Waals surface area contributed by atoms with Crippen LogP contribution in [-0.4, -0.2) is 43.0 Å². The van der Waals surface area contributed by atoms with Gasteiger partial charge in [-0.15, -0.1) is 0 Å². The minimum atomic E-state index is 0.0591. The largest absolute Gasteiger partial charge is 0.381 e. The van der Waals surface area contributed by atoms with E-state index in [0.29, 0.717) is 37.1 Å². The van der Waals surface area contributed by atoms with Gasteiger partial charge in [0.25, 0.3) is 0 Å². The number of hydrogen-bond acceptors (Lipinski definition) is 3. The van der Waals surface area contributed by atoms with Crippen molar-refractivity contribution < 1.29 is 14.3 Å². The Morgan fingerprint density at radius 3 is 2.73 bits per heavy atom. The van der Waals surface area contributed by atoms with Gasteiger partial charge in [0.15, 0.2) is 0 Å². The lowest BCUT2D eigenvalue weighted by Crippen LogP contribution is -2.42. The first-order valence-electron chi connectivity index (χ1n) is 9.49. The van der Waals surface area contributed by atoms with Gasteiger partial charge in [-0.1, -0.05) is 23.7 Å². The zero-order chi connectivity index (χ0) is 18.4. The lowest BCUT2D eigenvalue weighted by atomic mass is 9.91. The van der Waals surface area contributed by atoms with Crippen molar-refractivity contribution >= 4 is 23.4 Å². The van der Waals surface area contributed by atoms with Crippen LogP contribution in [0.15, 0.2) is 24.3 Å². The van der Waals surface area contributed by atoms with Crippen LogP contribution in [0.25, 0.3) is 0 Å². The number of hydrogen-bond donors (Lipinski definition) is 1. The molecule has 142 valence electrons. The summed E-state index contributed by atoms with van der Waals surface area (Å²) in [6.07, 6.45) is 4.25. The predicted molar refractivity (Wildman–Crippen MR) is 101 cm³/mol. The van der Waals surface area contributed by atoms with Gasteiger partial charge >= 0.3 is 0 Å². The molecule has 0 radical (unpaired) electrons. The fourth-order valence-corrected chi connectivity index (χ4v) is 3.91. The average molecular weight is 379 g/mol. The molecule has 1 aromatic carbocycles. The van der Waals surface area contributed by atoms with Gasteiger partial charge in [-0.05, 0) is 49.3 Å². The van der Waals surface area contributed by atoms with Crippen molar-refractivity contribution in [2.75, 3.05) is 26.3 Å². The molecular formula is C20H27ClN2O3. The SMILES string of the molecule is O=C(CCC1CCN(C(=O)C2CCOC2)CC1)NCc1cccc(Cl)c1. The molecule has 2 aliphatic heterocycles. The molecule has 2 saturated heterocycles. The Morgan fingerprint density at radius 1 is 1.23 bits per heavy atom. The second-order valence-corrected chi connectivity index (χ2v) is 7.71. The highest BCUT2D eigenvalue weighted by Crippen LogP contribution is 2.24. The number of rotatable bonds is 6. The summed E-state index contributed by atoms with van der Waals surface area (Å²) in [6.45, 7) is 3.41.